The highest BCUT2D eigenvalue weighted by atomic mass is 32.2. The Kier molecular flexibility index (Phi) is 4.50. The van der Waals surface area contributed by atoms with Crippen LogP contribution >= 0.6 is 0 Å². The molecule has 1 aromatic carbocycles. The summed E-state index contributed by atoms with van der Waals surface area (Å²) in [6.45, 7) is 2.30. The van der Waals surface area contributed by atoms with Crippen molar-refractivity contribution in [3.05, 3.63) is 23.8 Å². The zero-order valence-electron chi connectivity index (χ0n) is 11.8. The molecule has 1 fully saturated rings. The van der Waals surface area contributed by atoms with Crippen LogP contribution in [-0.4, -0.2) is 39.0 Å². The minimum Gasteiger partial charge on any atom is -0.399 e. The van der Waals surface area contributed by atoms with E-state index in [1.165, 1.54) is 7.11 Å². The van der Waals surface area contributed by atoms with Crippen LogP contribution in [0.2, 0.25) is 0 Å². The number of nitrogen functional groups attached to an aromatic ring is 1. The molecule has 2 atom stereocenters. The fraction of sp³-hybridized carbons (Fsp3) is 0.538. The molecule has 1 aliphatic heterocycles. The van der Waals surface area contributed by atoms with Crippen molar-refractivity contribution in [3.8, 4) is 0 Å². The lowest BCUT2D eigenvalue weighted by Crippen LogP contribution is -2.46. The van der Waals surface area contributed by atoms with Gasteiger partial charge in [-0.05, 0) is 24.5 Å². The van der Waals surface area contributed by atoms with Crippen molar-refractivity contribution >= 4 is 15.7 Å². The number of benzene rings is 1. The Bertz CT molecular complexity index is 637. The van der Waals surface area contributed by atoms with Gasteiger partial charge in [0.2, 0.25) is 10.0 Å². The third-order valence-electron chi connectivity index (χ3n) is 3.79. The molecule has 1 aliphatic rings. The Morgan fingerprint density at radius 3 is 2.67 bits per heavy atom. The summed E-state index contributed by atoms with van der Waals surface area (Å²) in [5.74, 6) is -2.48. The summed E-state index contributed by atoms with van der Waals surface area (Å²) in [4.78, 5) is -0.732. The fourth-order valence-electron chi connectivity index (χ4n) is 2.44. The van der Waals surface area contributed by atoms with Crippen LogP contribution in [-0.2, 0) is 14.8 Å². The summed E-state index contributed by atoms with van der Waals surface area (Å²) in [5, 5.41) is 0. The summed E-state index contributed by atoms with van der Waals surface area (Å²) in [7, 11) is -2.65. The maximum atomic E-state index is 13.8. The Labute approximate surface area is 122 Å². The van der Waals surface area contributed by atoms with Gasteiger partial charge in [-0.1, -0.05) is 6.92 Å². The second kappa shape index (κ2) is 5.86. The van der Waals surface area contributed by atoms with Gasteiger partial charge in [0.25, 0.3) is 0 Å². The number of rotatable bonds is 3. The molecular weight excluding hydrogens is 302 g/mol. The molecule has 5 nitrogen and oxygen atoms in total. The Hall–Kier alpha value is -1.25. The van der Waals surface area contributed by atoms with Crippen molar-refractivity contribution in [2.45, 2.75) is 24.3 Å². The second-order valence-electron chi connectivity index (χ2n) is 5.22. The van der Waals surface area contributed by atoms with Gasteiger partial charge < -0.3 is 10.5 Å². The normalized spacial score (nSPS) is 24.2. The van der Waals surface area contributed by atoms with Gasteiger partial charge >= 0.3 is 0 Å². The van der Waals surface area contributed by atoms with Gasteiger partial charge in [0, 0.05) is 25.9 Å². The second-order valence-corrected chi connectivity index (χ2v) is 7.12. The number of nitrogens with two attached hydrogens (primary N) is 1. The fourth-order valence-corrected chi connectivity index (χ4v) is 4.02. The van der Waals surface area contributed by atoms with Crippen LogP contribution in [0.1, 0.15) is 13.3 Å². The minimum atomic E-state index is -4.15. The van der Waals surface area contributed by atoms with E-state index in [1.807, 2.05) is 6.92 Å². The zero-order valence-corrected chi connectivity index (χ0v) is 12.7. The van der Waals surface area contributed by atoms with Gasteiger partial charge in [-0.15, -0.1) is 0 Å². The SMILES string of the molecule is COC1CN(S(=O)(=O)c2cc(N)cc(F)c2F)CCC1C. The minimum absolute atomic E-state index is 0.107. The molecule has 118 valence electrons. The van der Waals surface area contributed by atoms with E-state index in [-0.39, 0.29) is 30.8 Å². The van der Waals surface area contributed by atoms with Crippen molar-refractivity contribution in [3.63, 3.8) is 0 Å². The highest BCUT2D eigenvalue weighted by molar-refractivity contribution is 7.89. The van der Waals surface area contributed by atoms with Gasteiger partial charge in [0.1, 0.15) is 4.90 Å². The van der Waals surface area contributed by atoms with Crippen molar-refractivity contribution in [2.24, 2.45) is 5.92 Å². The zero-order chi connectivity index (χ0) is 15.8. The number of halogens is 2. The van der Waals surface area contributed by atoms with Gasteiger partial charge in [-0.3, -0.25) is 0 Å². The maximum absolute atomic E-state index is 13.8. The number of hydrogen-bond acceptors (Lipinski definition) is 4. The highest BCUT2D eigenvalue weighted by Crippen LogP contribution is 2.28. The molecule has 0 amide bonds. The Morgan fingerprint density at radius 2 is 2.05 bits per heavy atom. The first-order chi connectivity index (χ1) is 9.77. The van der Waals surface area contributed by atoms with E-state index < -0.39 is 26.6 Å². The molecule has 0 radical (unpaired) electrons. The average molecular weight is 320 g/mol. The number of ether oxygens (including phenoxy) is 1. The topological polar surface area (TPSA) is 72.6 Å². The third-order valence-corrected chi connectivity index (χ3v) is 5.65. The molecule has 0 aromatic heterocycles. The molecule has 0 aliphatic carbocycles. The van der Waals surface area contributed by atoms with Crippen LogP contribution in [0.15, 0.2) is 17.0 Å². The van der Waals surface area contributed by atoms with E-state index in [2.05, 4.69) is 0 Å². The molecular formula is C13H18F2N2O3S. The van der Waals surface area contributed by atoms with Crippen LogP contribution in [0, 0.1) is 17.6 Å². The van der Waals surface area contributed by atoms with Crippen LogP contribution in [0.4, 0.5) is 14.5 Å². The van der Waals surface area contributed by atoms with Gasteiger partial charge in [0.15, 0.2) is 11.6 Å². The standard InChI is InChI=1S/C13H18F2N2O3S/c1-8-3-4-17(7-11(8)20-2)21(18,19)12-6-9(16)5-10(14)13(12)15/h5-6,8,11H,3-4,7,16H2,1-2H3. The van der Waals surface area contributed by atoms with Crippen LogP contribution < -0.4 is 5.73 Å². The van der Waals surface area contributed by atoms with E-state index in [0.717, 1.165) is 16.4 Å². The smallest absolute Gasteiger partial charge is 0.246 e. The molecule has 1 saturated heterocycles. The largest absolute Gasteiger partial charge is 0.399 e. The van der Waals surface area contributed by atoms with Crippen LogP contribution in [0.3, 0.4) is 0 Å². The molecule has 8 heteroatoms. The lowest BCUT2D eigenvalue weighted by molar-refractivity contribution is 0.0183. The van der Waals surface area contributed by atoms with E-state index >= 15 is 0 Å². The summed E-state index contributed by atoms with van der Waals surface area (Å²) in [6.07, 6.45) is 0.312. The summed E-state index contributed by atoms with van der Waals surface area (Å²) >= 11 is 0. The first-order valence-corrected chi connectivity index (χ1v) is 7.99. The third kappa shape index (κ3) is 3.02. The Morgan fingerprint density at radius 1 is 1.38 bits per heavy atom. The first kappa shape index (κ1) is 16.1. The maximum Gasteiger partial charge on any atom is 0.246 e. The van der Waals surface area contributed by atoms with Crippen LogP contribution in [0.25, 0.3) is 0 Å². The molecule has 2 N–H and O–H groups in total. The highest BCUT2D eigenvalue weighted by Gasteiger charge is 2.36. The molecule has 2 unspecified atom stereocenters. The predicted octanol–water partition coefficient (Wildman–Crippen LogP) is 1.59. The summed E-state index contributed by atoms with van der Waals surface area (Å²) < 4.78 is 58.5. The monoisotopic (exact) mass is 320 g/mol. The van der Waals surface area contributed by atoms with E-state index in [0.29, 0.717) is 6.42 Å². The van der Waals surface area contributed by atoms with Gasteiger partial charge in [-0.2, -0.15) is 4.31 Å². The van der Waals surface area contributed by atoms with E-state index in [1.54, 1.807) is 0 Å². The number of methoxy groups -OCH3 is 1. The average Bonchev–Trinajstić information content (AvgIpc) is 2.42. The summed E-state index contributed by atoms with van der Waals surface area (Å²) in [5.41, 5.74) is 5.28. The van der Waals surface area contributed by atoms with Crippen LogP contribution in [0.5, 0.6) is 0 Å². The van der Waals surface area contributed by atoms with E-state index in [9.17, 15) is 17.2 Å². The van der Waals surface area contributed by atoms with Crippen molar-refractivity contribution in [1.29, 1.82) is 0 Å². The van der Waals surface area contributed by atoms with Crippen molar-refractivity contribution in [1.82, 2.24) is 4.31 Å². The van der Waals surface area contributed by atoms with E-state index in [4.69, 9.17) is 10.5 Å². The summed E-state index contributed by atoms with van der Waals surface area (Å²) in [6, 6.07) is 1.69. The Balaban J connectivity index is 2.39. The number of nitrogens with zero attached hydrogens (tertiary/aromatic N) is 1. The van der Waals surface area contributed by atoms with Gasteiger partial charge in [-0.25, -0.2) is 17.2 Å². The first-order valence-electron chi connectivity index (χ1n) is 6.54. The number of sulfonamides is 1. The lowest BCUT2D eigenvalue weighted by atomic mass is 9.97. The molecule has 2 rings (SSSR count). The molecule has 1 heterocycles. The molecule has 0 bridgehead atoms. The van der Waals surface area contributed by atoms with Gasteiger partial charge in [0.05, 0.1) is 6.10 Å². The number of hydrogen-bond donors (Lipinski definition) is 1. The number of anilines is 1. The molecule has 0 spiro atoms. The lowest BCUT2D eigenvalue weighted by Gasteiger charge is -2.35. The number of piperidine rings is 1. The predicted molar refractivity (Wildman–Crippen MR) is 74.1 cm³/mol. The quantitative estimate of drug-likeness (QED) is 0.859. The molecule has 1 aromatic rings. The van der Waals surface area contributed by atoms with Crippen molar-refractivity contribution in [2.75, 3.05) is 25.9 Å². The van der Waals surface area contributed by atoms with Crippen molar-refractivity contribution < 1.29 is 21.9 Å². The molecule has 21 heavy (non-hydrogen) atoms. The molecule has 0 saturated carbocycles.